The van der Waals surface area contributed by atoms with Crippen LogP contribution in [0.25, 0.3) is 0 Å². The highest BCUT2D eigenvalue weighted by Crippen LogP contribution is 2.19. The Morgan fingerprint density at radius 1 is 1.41 bits per heavy atom. The Labute approximate surface area is 101 Å². The Morgan fingerprint density at radius 2 is 2.24 bits per heavy atom. The van der Waals surface area contributed by atoms with Crippen molar-refractivity contribution in [2.45, 2.75) is 19.3 Å². The van der Waals surface area contributed by atoms with Gasteiger partial charge in [0.1, 0.15) is 0 Å². The van der Waals surface area contributed by atoms with Crippen molar-refractivity contribution in [3.05, 3.63) is 41.2 Å². The predicted molar refractivity (Wildman–Crippen MR) is 65.5 cm³/mol. The van der Waals surface area contributed by atoms with Gasteiger partial charge < -0.3 is 5.73 Å². The van der Waals surface area contributed by atoms with Crippen LogP contribution in [-0.4, -0.2) is 26.8 Å². The fourth-order valence-electron chi connectivity index (χ4n) is 1.89. The van der Waals surface area contributed by atoms with E-state index in [1.165, 1.54) is 15.9 Å². The molecule has 0 radical (unpaired) electrons. The molecule has 0 aliphatic carbocycles. The second-order valence-corrected chi connectivity index (χ2v) is 4.25. The van der Waals surface area contributed by atoms with Crippen molar-refractivity contribution < 1.29 is 0 Å². The maximum atomic E-state index is 5.83. The first-order valence-corrected chi connectivity index (χ1v) is 5.68. The molecule has 90 valence electrons. The fourth-order valence-corrected chi connectivity index (χ4v) is 1.89. The van der Waals surface area contributed by atoms with Gasteiger partial charge in [0.2, 0.25) is 0 Å². The van der Waals surface area contributed by atoms with Crippen LogP contribution in [0.15, 0.2) is 24.3 Å². The molecule has 0 amide bonds. The highest BCUT2D eigenvalue weighted by atomic mass is 15.6. The van der Waals surface area contributed by atoms with E-state index in [-0.39, 0.29) is 5.92 Å². The van der Waals surface area contributed by atoms with Crippen LogP contribution in [0.4, 0.5) is 0 Å². The molecule has 1 aromatic carbocycles. The highest BCUT2D eigenvalue weighted by Gasteiger charge is 2.13. The van der Waals surface area contributed by atoms with Gasteiger partial charge in [0.25, 0.3) is 0 Å². The third kappa shape index (κ3) is 2.88. The van der Waals surface area contributed by atoms with E-state index in [2.05, 4.69) is 46.6 Å². The van der Waals surface area contributed by atoms with Gasteiger partial charge in [0.05, 0.1) is 7.05 Å². The van der Waals surface area contributed by atoms with E-state index in [9.17, 15) is 0 Å². The lowest BCUT2D eigenvalue weighted by molar-refractivity contribution is 0.620. The molecule has 1 aromatic heterocycles. The van der Waals surface area contributed by atoms with Gasteiger partial charge in [0.15, 0.2) is 5.82 Å². The van der Waals surface area contributed by atoms with E-state index in [1.807, 2.05) is 0 Å². The topological polar surface area (TPSA) is 69.6 Å². The summed E-state index contributed by atoms with van der Waals surface area (Å²) in [6.07, 6.45) is 0.730. The smallest absolute Gasteiger partial charge is 0.175 e. The molecule has 1 atom stereocenters. The van der Waals surface area contributed by atoms with Crippen LogP contribution >= 0.6 is 0 Å². The molecule has 2 N–H and O–H groups in total. The molecule has 2 aromatic rings. The van der Waals surface area contributed by atoms with Crippen LogP contribution in [0, 0.1) is 6.92 Å². The molecule has 0 saturated carbocycles. The summed E-state index contributed by atoms with van der Waals surface area (Å²) < 4.78 is 0. The number of nitrogens with two attached hydrogens (primary N) is 1. The first-order valence-electron chi connectivity index (χ1n) is 5.68. The zero-order valence-electron chi connectivity index (χ0n) is 10.2. The van der Waals surface area contributed by atoms with Crippen LogP contribution in [0.5, 0.6) is 0 Å². The lowest BCUT2D eigenvalue weighted by Crippen LogP contribution is -2.16. The van der Waals surface area contributed by atoms with E-state index in [0.717, 1.165) is 12.2 Å². The maximum absolute atomic E-state index is 5.83. The van der Waals surface area contributed by atoms with Crippen molar-refractivity contribution >= 4 is 0 Å². The molecular formula is C12H17N5. The van der Waals surface area contributed by atoms with Gasteiger partial charge in [-0.25, -0.2) is 0 Å². The first kappa shape index (κ1) is 11.7. The fraction of sp³-hybridized carbons (Fsp3) is 0.417. The summed E-state index contributed by atoms with van der Waals surface area (Å²) in [5, 5.41) is 12.0. The van der Waals surface area contributed by atoms with Gasteiger partial charge in [-0.05, 0) is 24.2 Å². The number of benzene rings is 1. The number of aryl methyl sites for hydroxylation is 2. The van der Waals surface area contributed by atoms with Gasteiger partial charge in [0, 0.05) is 12.3 Å². The first-order chi connectivity index (χ1) is 8.19. The molecule has 0 spiro atoms. The summed E-state index contributed by atoms with van der Waals surface area (Å²) >= 11 is 0. The Morgan fingerprint density at radius 3 is 2.82 bits per heavy atom. The van der Waals surface area contributed by atoms with Crippen molar-refractivity contribution in [3.8, 4) is 0 Å². The second kappa shape index (κ2) is 5.05. The Bertz CT molecular complexity index is 491. The Hall–Kier alpha value is -1.75. The third-order valence-corrected chi connectivity index (χ3v) is 2.78. The van der Waals surface area contributed by atoms with Gasteiger partial charge in [-0.3, -0.25) is 0 Å². The quantitative estimate of drug-likeness (QED) is 0.845. The number of hydrogen-bond donors (Lipinski definition) is 1. The second-order valence-electron chi connectivity index (χ2n) is 4.25. The Balaban J connectivity index is 2.16. The average Bonchev–Trinajstić information content (AvgIpc) is 2.72. The average molecular weight is 231 g/mol. The van der Waals surface area contributed by atoms with Crippen molar-refractivity contribution in [2.24, 2.45) is 12.8 Å². The predicted octanol–water partition coefficient (Wildman–Crippen LogP) is 0.804. The van der Waals surface area contributed by atoms with Gasteiger partial charge in [-0.15, -0.1) is 10.2 Å². The minimum atomic E-state index is 0.249. The molecule has 1 heterocycles. The van der Waals surface area contributed by atoms with Gasteiger partial charge in [-0.1, -0.05) is 29.8 Å². The molecule has 17 heavy (non-hydrogen) atoms. The molecule has 0 bridgehead atoms. The molecule has 0 saturated heterocycles. The number of nitrogens with zero attached hydrogens (tertiary/aromatic N) is 4. The molecule has 1 unspecified atom stereocenters. The zero-order chi connectivity index (χ0) is 12.3. The molecular weight excluding hydrogens is 214 g/mol. The van der Waals surface area contributed by atoms with Gasteiger partial charge in [-0.2, -0.15) is 4.80 Å². The summed E-state index contributed by atoms with van der Waals surface area (Å²) in [6.45, 7) is 2.67. The van der Waals surface area contributed by atoms with Crippen LogP contribution in [0.2, 0.25) is 0 Å². The molecule has 5 nitrogen and oxygen atoms in total. The van der Waals surface area contributed by atoms with Gasteiger partial charge >= 0.3 is 0 Å². The van der Waals surface area contributed by atoms with E-state index in [4.69, 9.17) is 5.73 Å². The van der Waals surface area contributed by atoms with Crippen LogP contribution < -0.4 is 5.73 Å². The van der Waals surface area contributed by atoms with Crippen LogP contribution in [-0.2, 0) is 13.5 Å². The SMILES string of the molecule is Cc1cccc(C(CN)Cc2nnn(C)n2)c1. The summed E-state index contributed by atoms with van der Waals surface area (Å²) in [5.74, 6) is 0.989. The zero-order valence-corrected chi connectivity index (χ0v) is 10.2. The lowest BCUT2D eigenvalue weighted by Gasteiger charge is -2.13. The summed E-state index contributed by atoms with van der Waals surface area (Å²) in [4.78, 5) is 1.47. The minimum Gasteiger partial charge on any atom is -0.330 e. The van der Waals surface area contributed by atoms with E-state index in [1.54, 1.807) is 7.05 Å². The van der Waals surface area contributed by atoms with Crippen molar-refractivity contribution in [1.29, 1.82) is 0 Å². The Kier molecular flexibility index (Phi) is 3.49. The highest BCUT2D eigenvalue weighted by molar-refractivity contribution is 5.26. The monoisotopic (exact) mass is 231 g/mol. The molecule has 5 heteroatoms. The van der Waals surface area contributed by atoms with Crippen LogP contribution in [0.1, 0.15) is 22.9 Å². The number of rotatable bonds is 4. The van der Waals surface area contributed by atoms with E-state index < -0.39 is 0 Å². The lowest BCUT2D eigenvalue weighted by atomic mass is 9.94. The van der Waals surface area contributed by atoms with E-state index >= 15 is 0 Å². The molecule has 0 aliphatic rings. The largest absolute Gasteiger partial charge is 0.330 e. The minimum absolute atomic E-state index is 0.249. The van der Waals surface area contributed by atoms with Crippen molar-refractivity contribution in [3.63, 3.8) is 0 Å². The molecule has 2 rings (SSSR count). The standard InChI is InChI=1S/C12H17N5/c1-9-4-3-5-10(6-9)11(8-13)7-12-14-16-17(2)15-12/h3-6,11H,7-8,13H2,1-2H3. The third-order valence-electron chi connectivity index (χ3n) is 2.78. The molecule has 0 aliphatic heterocycles. The summed E-state index contributed by atoms with van der Waals surface area (Å²) in [6, 6.07) is 8.39. The summed E-state index contributed by atoms with van der Waals surface area (Å²) in [5.41, 5.74) is 8.31. The van der Waals surface area contributed by atoms with Crippen molar-refractivity contribution in [2.75, 3.05) is 6.54 Å². The number of hydrogen-bond acceptors (Lipinski definition) is 4. The van der Waals surface area contributed by atoms with Crippen LogP contribution in [0.3, 0.4) is 0 Å². The normalized spacial score (nSPS) is 12.6. The van der Waals surface area contributed by atoms with Crippen molar-refractivity contribution in [1.82, 2.24) is 20.2 Å². The maximum Gasteiger partial charge on any atom is 0.175 e. The summed E-state index contributed by atoms with van der Waals surface area (Å²) in [7, 11) is 1.76. The number of tetrazole rings is 1. The number of aromatic nitrogens is 4. The molecule has 0 fully saturated rings. The van der Waals surface area contributed by atoms with E-state index in [0.29, 0.717) is 6.54 Å².